The number of hydrogen-bond donors (Lipinski definition) is 3. The third kappa shape index (κ3) is 6.24. The van der Waals surface area contributed by atoms with E-state index < -0.39 is 0 Å². The number of aromatic nitrogens is 3. The van der Waals surface area contributed by atoms with Gasteiger partial charge in [-0.1, -0.05) is 25.3 Å². The smallest absolute Gasteiger partial charge is 0.293 e. The number of carbonyl (C=O) groups excluding carboxylic acids is 1. The zero-order valence-corrected chi connectivity index (χ0v) is 20.6. The van der Waals surface area contributed by atoms with Gasteiger partial charge in [-0.25, -0.2) is 0 Å². The third-order valence-corrected chi connectivity index (χ3v) is 6.92. The molecule has 0 radical (unpaired) electrons. The van der Waals surface area contributed by atoms with Crippen LogP contribution in [0.3, 0.4) is 0 Å². The average Bonchev–Trinajstić information content (AvgIpc) is 3.49. The zero-order valence-electron chi connectivity index (χ0n) is 19.7. The van der Waals surface area contributed by atoms with Crippen LogP contribution < -0.4 is 5.32 Å². The summed E-state index contributed by atoms with van der Waals surface area (Å²) in [6.07, 6.45) is 7.04. The Morgan fingerprint density at radius 3 is 2.70 bits per heavy atom. The number of benzene rings is 1. The predicted octanol–water partition coefficient (Wildman–Crippen LogP) is 6.40. The summed E-state index contributed by atoms with van der Waals surface area (Å²) < 4.78 is 5.76. The summed E-state index contributed by atoms with van der Waals surface area (Å²) in [6.45, 7) is 8.02. The van der Waals surface area contributed by atoms with Crippen LogP contribution in [0.15, 0.2) is 35.7 Å². The van der Waals surface area contributed by atoms with E-state index >= 15 is 0 Å². The van der Waals surface area contributed by atoms with Crippen LogP contribution in [-0.4, -0.2) is 33.8 Å². The van der Waals surface area contributed by atoms with Crippen molar-refractivity contribution in [2.24, 2.45) is 5.92 Å². The standard InChI is InChI=1S/C21H24N4S.C5H10O2/c1-2-4-14(5-3-1)12-22-13-15-6-7-17-16(10-15)11-19(23-17)20-21-18(24-25-20)8-9-26-21;1-5(2,3)7-4-6/h6-11,14,22-23H,1-5,12-13H2,(H,24,25);4H,1-3H3. The predicted molar refractivity (Wildman–Crippen MR) is 136 cm³/mol. The highest BCUT2D eigenvalue weighted by atomic mass is 32.1. The van der Waals surface area contributed by atoms with Crippen molar-refractivity contribution in [1.29, 1.82) is 0 Å². The number of nitrogens with one attached hydrogen (secondary N) is 3. The maximum absolute atomic E-state index is 9.60. The minimum Gasteiger partial charge on any atom is -0.462 e. The molecule has 0 spiro atoms. The molecule has 7 heteroatoms. The lowest BCUT2D eigenvalue weighted by molar-refractivity contribution is -0.138. The number of hydrogen-bond acceptors (Lipinski definition) is 5. The molecule has 4 aromatic rings. The molecule has 3 aromatic heterocycles. The summed E-state index contributed by atoms with van der Waals surface area (Å²) in [5, 5.41) is 14.6. The van der Waals surface area contributed by atoms with Crippen LogP contribution in [0.2, 0.25) is 0 Å². The summed E-state index contributed by atoms with van der Waals surface area (Å²) in [5.41, 5.74) is 5.41. The van der Waals surface area contributed by atoms with E-state index in [1.54, 1.807) is 11.3 Å². The van der Waals surface area contributed by atoms with Crippen LogP contribution in [0, 0.1) is 5.92 Å². The van der Waals surface area contributed by atoms with Gasteiger partial charge in [-0.2, -0.15) is 5.10 Å². The van der Waals surface area contributed by atoms with Crippen molar-refractivity contribution in [2.45, 2.75) is 65.0 Å². The summed E-state index contributed by atoms with van der Waals surface area (Å²) in [7, 11) is 0. The summed E-state index contributed by atoms with van der Waals surface area (Å²) in [6, 6.07) is 11.0. The van der Waals surface area contributed by atoms with Crippen LogP contribution in [0.4, 0.5) is 0 Å². The van der Waals surface area contributed by atoms with Crippen LogP contribution in [0.25, 0.3) is 32.5 Å². The van der Waals surface area contributed by atoms with Gasteiger partial charge in [0.1, 0.15) is 11.3 Å². The number of H-pyrrole nitrogens is 2. The number of fused-ring (bicyclic) bond motifs is 2. The van der Waals surface area contributed by atoms with E-state index in [0.717, 1.165) is 35.9 Å². The Kier molecular flexibility index (Phi) is 7.50. The maximum atomic E-state index is 9.60. The Labute approximate surface area is 199 Å². The molecule has 1 aliphatic rings. The zero-order chi connectivity index (χ0) is 23.3. The molecule has 3 heterocycles. The van der Waals surface area contributed by atoms with Gasteiger partial charge in [-0.05, 0) is 81.3 Å². The van der Waals surface area contributed by atoms with Gasteiger partial charge >= 0.3 is 0 Å². The second-order valence-electron chi connectivity index (χ2n) is 9.80. The first-order chi connectivity index (χ1) is 15.9. The SMILES string of the molecule is CC(C)(C)OC=O.c1cc2[nH]nc(-c3cc4cc(CNCC5CCCCC5)ccc4[nH]3)c2s1. The normalized spacial score (nSPS) is 14.9. The number of ether oxygens (including phenoxy) is 1. The minimum absolute atomic E-state index is 0.318. The second kappa shape index (κ2) is 10.5. The van der Waals surface area contributed by atoms with Gasteiger partial charge in [0.25, 0.3) is 6.47 Å². The highest BCUT2D eigenvalue weighted by Gasteiger charge is 2.14. The fourth-order valence-electron chi connectivity index (χ4n) is 4.31. The topological polar surface area (TPSA) is 82.8 Å². The molecule has 1 aromatic carbocycles. The van der Waals surface area contributed by atoms with Gasteiger partial charge < -0.3 is 15.0 Å². The molecule has 1 fully saturated rings. The molecular weight excluding hydrogens is 432 g/mol. The summed E-state index contributed by atoms with van der Waals surface area (Å²) in [4.78, 5) is 13.1. The van der Waals surface area contributed by atoms with E-state index in [2.05, 4.69) is 60.9 Å². The molecule has 33 heavy (non-hydrogen) atoms. The Bertz CT molecular complexity index is 1180. The van der Waals surface area contributed by atoms with Crippen LogP contribution in [0.1, 0.15) is 58.4 Å². The third-order valence-electron chi connectivity index (χ3n) is 6.00. The van der Waals surface area contributed by atoms with Gasteiger partial charge in [0, 0.05) is 17.4 Å². The maximum Gasteiger partial charge on any atom is 0.293 e. The van der Waals surface area contributed by atoms with Gasteiger partial charge in [0.05, 0.1) is 15.9 Å². The first kappa shape index (κ1) is 23.5. The van der Waals surface area contributed by atoms with E-state index in [9.17, 15) is 4.79 Å². The van der Waals surface area contributed by atoms with Crippen molar-refractivity contribution in [3.63, 3.8) is 0 Å². The van der Waals surface area contributed by atoms with Crippen molar-refractivity contribution < 1.29 is 9.53 Å². The molecule has 0 aliphatic heterocycles. The Morgan fingerprint density at radius 2 is 1.97 bits per heavy atom. The quantitative estimate of drug-likeness (QED) is 0.287. The van der Waals surface area contributed by atoms with Crippen molar-refractivity contribution >= 4 is 38.9 Å². The van der Waals surface area contributed by atoms with Crippen molar-refractivity contribution in [3.8, 4) is 11.4 Å². The van der Waals surface area contributed by atoms with E-state index in [4.69, 9.17) is 0 Å². The number of thiophene rings is 1. The highest BCUT2D eigenvalue weighted by molar-refractivity contribution is 7.17. The lowest BCUT2D eigenvalue weighted by atomic mass is 9.89. The number of rotatable bonds is 6. The highest BCUT2D eigenvalue weighted by Crippen LogP contribution is 2.32. The lowest BCUT2D eigenvalue weighted by Gasteiger charge is -2.21. The summed E-state index contributed by atoms with van der Waals surface area (Å²) in [5.74, 6) is 0.874. The molecule has 3 N–H and O–H groups in total. The molecule has 6 nitrogen and oxygen atoms in total. The molecule has 0 amide bonds. The van der Waals surface area contributed by atoms with Gasteiger partial charge in [0.15, 0.2) is 0 Å². The molecule has 0 bridgehead atoms. The minimum atomic E-state index is -0.318. The first-order valence-electron chi connectivity index (χ1n) is 11.8. The fraction of sp³-hybridized carbons (Fsp3) is 0.462. The van der Waals surface area contributed by atoms with Crippen molar-refractivity contribution in [2.75, 3.05) is 6.54 Å². The molecule has 1 aliphatic carbocycles. The molecule has 0 saturated heterocycles. The number of nitrogens with zero attached hydrogens (tertiary/aromatic N) is 1. The lowest BCUT2D eigenvalue weighted by Crippen LogP contribution is -2.24. The second-order valence-corrected chi connectivity index (χ2v) is 10.7. The van der Waals surface area contributed by atoms with Gasteiger partial charge in [-0.15, -0.1) is 11.3 Å². The van der Waals surface area contributed by atoms with Crippen LogP contribution in [-0.2, 0) is 16.1 Å². The van der Waals surface area contributed by atoms with E-state index in [0.29, 0.717) is 6.47 Å². The summed E-state index contributed by atoms with van der Waals surface area (Å²) >= 11 is 1.73. The molecule has 176 valence electrons. The Balaban J connectivity index is 0.000000325. The molecule has 0 atom stereocenters. The largest absolute Gasteiger partial charge is 0.462 e. The van der Waals surface area contributed by atoms with Gasteiger partial charge in [0.2, 0.25) is 0 Å². The molecule has 5 rings (SSSR count). The van der Waals surface area contributed by atoms with Crippen molar-refractivity contribution in [1.82, 2.24) is 20.5 Å². The number of carbonyl (C=O) groups is 1. The average molecular weight is 467 g/mol. The number of aromatic amines is 2. The molecule has 0 unspecified atom stereocenters. The van der Waals surface area contributed by atoms with Gasteiger partial charge in [-0.3, -0.25) is 9.89 Å². The van der Waals surface area contributed by atoms with Crippen molar-refractivity contribution in [3.05, 3.63) is 41.3 Å². The van der Waals surface area contributed by atoms with E-state index in [1.807, 2.05) is 20.8 Å². The molecular formula is C26H34N4O2S. The Morgan fingerprint density at radius 1 is 1.15 bits per heavy atom. The Hall–Kier alpha value is -2.64. The van der Waals surface area contributed by atoms with E-state index in [1.165, 1.54) is 53.3 Å². The monoisotopic (exact) mass is 466 g/mol. The van der Waals surface area contributed by atoms with Crippen LogP contribution in [0.5, 0.6) is 0 Å². The first-order valence-corrected chi connectivity index (χ1v) is 12.7. The van der Waals surface area contributed by atoms with E-state index in [-0.39, 0.29) is 5.60 Å². The fourth-order valence-corrected chi connectivity index (χ4v) is 5.15. The van der Waals surface area contributed by atoms with Crippen LogP contribution >= 0.6 is 11.3 Å². The molecule has 1 saturated carbocycles.